The van der Waals surface area contributed by atoms with Crippen LogP contribution in [0.1, 0.15) is 27.2 Å². The van der Waals surface area contributed by atoms with Crippen molar-refractivity contribution in [1.29, 1.82) is 0 Å². The van der Waals surface area contributed by atoms with Gasteiger partial charge in [0, 0.05) is 20.1 Å². The van der Waals surface area contributed by atoms with E-state index in [4.69, 9.17) is 9.47 Å². The second-order valence-corrected chi connectivity index (χ2v) is 6.84. The minimum atomic E-state index is 0.0127. The van der Waals surface area contributed by atoms with Crippen LogP contribution >= 0.6 is 0 Å². The van der Waals surface area contributed by atoms with E-state index in [0.29, 0.717) is 12.0 Å². The number of nitrogens with zero attached hydrogens (tertiary/aromatic N) is 2. The van der Waals surface area contributed by atoms with Crippen LogP contribution < -0.4 is 14.8 Å². The van der Waals surface area contributed by atoms with Gasteiger partial charge in [-0.2, -0.15) is 0 Å². The van der Waals surface area contributed by atoms with Crippen LogP contribution in [-0.4, -0.2) is 50.8 Å². The summed E-state index contributed by atoms with van der Waals surface area (Å²) in [5.41, 5.74) is 0.358. The van der Waals surface area contributed by atoms with Gasteiger partial charge in [-0.25, -0.2) is 0 Å². The van der Waals surface area contributed by atoms with Gasteiger partial charge in [-0.3, -0.25) is 4.99 Å². The molecule has 1 aliphatic rings. The number of guanidine groups is 1. The van der Waals surface area contributed by atoms with Gasteiger partial charge >= 0.3 is 0 Å². The molecule has 5 heteroatoms. The number of likely N-dealkylation sites (tertiary alicyclic amines) is 1. The minimum Gasteiger partial charge on any atom is -0.493 e. The van der Waals surface area contributed by atoms with Crippen LogP contribution in [0, 0.1) is 5.41 Å². The molecule has 1 N–H and O–H groups in total. The standard InChI is InChI=1S/C18H29N3O2/c1-14(23-16-9-7-6-8-15(16)22-5)12-20-17(19-4)21-11-10-18(2,3)13-21/h6-9,14H,10-13H2,1-5H3,(H,19,20). The largest absolute Gasteiger partial charge is 0.493 e. The number of methoxy groups -OCH3 is 1. The SMILES string of the molecule is CN=C(NCC(C)Oc1ccccc1OC)N1CCC(C)(C)C1. The fourth-order valence-corrected chi connectivity index (χ4v) is 2.84. The molecule has 1 aromatic rings. The van der Waals surface area contributed by atoms with Crippen LogP contribution in [0.25, 0.3) is 0 Å². The fourth-order valence-electron chi connectivity index (χ4n) is 2.84. The van der Waals surface area contributed by atoms with Gasteiger partial charge in [0.1, 0.15) is 6.10 Å². The van der Waals surface area contributed by atoms with Gasteiger partial charge in [0.2, 0.25) is 0 Å². The molecule has 1 atom stereocenters. The Balaban J connectivity index is 1.87. The first-order valence-corrected chi connectivity index (χ1v) is 8.20. The Morgan fingerprint density at radius 3 is 2.61 bits per heavy atom. The second-order valence-electron chi connectivity index (χ2n) is 6.84. The summed E-state index contributed by atoms with van der Waals surface area (Å²) in [6.07, 6.45) is 1.21. The number of ether oxygens (including phenoxy) is 2. The lowest BCUT2D eigenvalue weighted by Crippen LogP contribution is -2.44. The topological polar surface area (TPSA) is 46.1 Å². The zero-order valence-corrected chi connectivity index (χ0v) is 14.9. The molecule has 0 aromatic heterocycles. The summed E-state index contributed by atoms with van der Waals surface area (Å²) in [6.45, 7) is 9.42. The average Bonchev–Trinajstić information content (AvgIpc) is 2.88. The molecule has 1 saturated heterocycles. The Morgan fingerprint density at radius 2 is 2.04 bits per heavy atom. The normalized spacial score (nSPS) is 18.7. The van der Waals surface area contributed by atoms with E-state index >= 15 is 0 Å². The van der Waals surface area contributed by atoms with Crippen molar-refractivity contribution in [3.8, 4) is 11.5 Å². The number of aliphatic imine (C=N–C) groups is 1. The van der Waals surface area contributed by atoms with Crippen molar-refractivity contribution in [2.24, 2.45) is 10.4 Å². The van der Waals surface area contributed by atoms with Crippen molar-refractivity contribution in [2.45, 2.75) is 33.3 Å². The number of para-hydroxylation sites is 2. The molecule has 23 heavy (non-hydrogen) atoms. The molecule has 2 rings (SSSR count). The van der Waals surface area contributed by atoms with Gasteiger partial charge in [0.25, 0.3) is 0 Å². The molecule has 1 unspecified atom stereocenters. The first-order chi connectivity index (χ1) is 10.9. The van der Waals surface area contributed by atoms with E-state index in [-0.39, 0.29) is 6.10 Å². The second kappa shape index (κ2) is 7.57. The maximum Gasteiger partial charge on any atom is 0.193 e. The lowest BCUT2D eigenvalue weighted by molar-refractivity contribution is 0.212. The van der Waals surface area contributed by atoms with E-state index in [9.17, 15) is 0 Å². The molecule has 1 heterocycles. The van der Waals surface area contributed by atoms with Crippen molar-refractivity contribution in [3.05, 3.63) is 24.3 Å². The summed E-state index contributed by atoms with van der Waals surface area (Å²) in [4.78, 5) is 6.71. The van der Waals surface area contributed by atoms with Gasteiger partial charge < -0.3 is 19.7 Å². The van der Waals surface area contributed by atoms with Gasteiger partial charge in [-0.15, -0.1) is 0 Å². The van der Waals surface area contributed by atoms with Crippen molar-refractivity contribution >= 4 is 5.96 Å². The summed E-state index contributed by atoms with van der Waals surface area (Å²) in [6, 6.07) is 7.71. The molecular formula is C18H29N3O2. The molecule has 1 aliphatic heterocycles. The lowest BCUT2D eigenvalue weighted by atomic mass is 9.93. The van der Waals surface area contributed by atoms with E-state index in [1.165, 1.54) is 6.42 Å². The Bertz CT molecular complexity index is 543. The molecule has 5 nitrogen and oxygen atoms in total. The molecule has 128 valence electrons. The number of benzene rings is 1. The zero-order valence-electron chi connectivity index (χ0n) is 14.9. The fraction of sp³-hybridized carbons (Fsp3) is 0.611. The monoisotopic (exact) mass is 319 g/mol. The van der Waals surface area contributed by atoms with E-state index < -0.39 is 0 Å². The lowest BCUT2D eigenvalue weighted by Gasteiger charge is -2.25. The van der Waals surface area contributed by atoms with E-state index in [1.807, 2.05) is 38.2 Å². The highest BCUT2D eigenvalue weighted by Gasteiger charge is 2.30. The van der Waals surface area contributed by atoms with Crippen molar-refractivity contribution in [2.75, 3.05) is 33.8 Å². The quantitative estimate of drug-likeness (QED) is 0.669. The van der Waals surface area contributed by atoms with E-state index in [0.717, 1.165) is 30.5 Å². The molecule has 1 fully saturated rings. The molecule has 0 amide bonds. The first kappa shape index (κ1) is 17.4. The average molecular weight is 319 g/mol. The Hall–Kier alpha value is -1.91. The third-order valence-corrected chi connectivity index (χ3v) is 4.13. The van der Waals surface area contributed by atoms with E-state index in [1.54, 1.807) is 7.11 Å². The molecule has 0 aliphatic carbocycles. The van der Waals surface area contributed by atoms with Crippen LogP contribution in [0.5, 0.6) is 11.5 Å². The molecule has 0 bridgehead atoms. The third-order valence-electron chi connectivity index (χ3n) is 4.13. The maximum atomic E-state index is 5.97. The number of hydrogen-bond donors (Lipinski definition) is 1. The third kappa shape index (κ3) is 4.78. The Kier molecular flexibility index (Phi) is 5.74. The highest BCUT2D eigenvalue weighted by atomic mass is 16.5. The highest BCUT2D eigenvalue weighted by molar-refractivity contribution is 5.80. The van der Waals surface area contributed by atoms with Crippen LogP contribution in [0.2, 0.25) is 0 Å². The molecule has 0 spiro atoms. The summed E-state index contributed by atoms with van der Waals surface area (Å²) in [5.74, 6) is 2.47. The maximum absolute atomic E-state index is 5.97. The Morgan fingerprint density at radius 1 is 1.35 bits per heavy atom. The van der Waals surface area contributed by atoms with Crippen molar-refractivity contribution in [3.63, 3.8) is 0 Å². The first-order valence-electron chi connectivity index (χ1n) is 8.20. The predicted molar refractivity (Wildman–Crippen MR) is 94.4 cm³/mol. The molecule has 0 radical (unpaired) electrons. The Labute approximate surface area is 139 Å². The van der Waals surface area contributed by atoms with Gasteiger partial charge in [0.15, 0.2) is 17.5 Å². The summed E-state index contributed by atoms with van der Waals surface area (Å²) in [7, 11) is 3.49. The van der Waals surface area contributed by atoms with Crippen LogP contribution in [0.3, 0.4) is 0 Å². The molecule has 0 saturated carbocycles. The van der Waals surface area contributed by atoms with Crippen LogP contribution in [-0.2, 0) is 0 Å². The van der Waals surface area contributed by atoms with Gasteiger partial charge in [-0.1, -0.05) is 26.0 Å². The number of rotatable bonds is 5. The predicted octanol–water partition coefficient (Wildman–Crippen LogP) is 2.77. The smallest absolute Gasteiger partial charge is 0.193 e. The summed E-state index contributed by atoms with van der Waals surface area (Å²) < 4.78 is 11.3. The van der Waals surface area contributed by atoms with Gasteiger partial charge in [-0.05, 0) is 30.9 Å². The van der Waals surface area contributed by atoms with Crippen LogP contribution in [0.4, 0.5) is 0 Å². The van der Waals surface area contributed by atoms with E-state index in [2.05, 4.69) is 29.1 Å². The summed E-state index contributed by atoms with van der Waals surface area (Å²) in [5, 5.41) is 3.42. The van der Waals surface area contributed by atoms with Crippen LogP contribution in [0.15, 0.2) is 29.3 Å². The minimum absolute atomic E-state index is 0.0127. The number of nitrogens with one attached hydrogen (secondary N) is 1. The van der Waals surface area contributed by atoms with Crippen molar-refractivity contribution < 1.29 is 9.47 Å². The van der Waals surface area contributed by atoms with Crippen molar-refractivity contribution in [1.82, 2.24) is 10.2 Å². The highest BCUT2D eigenvalue weighted by Crippen LogP contribution is 2.29. The summed E-state index contributed by atoms with van der Waals surface area (Å²) >= 11 is 0. The zero-order chi connectivity index (χ0) is 16.9. The molecular weight excluding hydrogens is 290 g/mol. The molecule has 1 aromatic carbocycles. The number of hydrogen-bond acceptors (Lipinski definition) is 3. The van der Waals surface area contributed by atoms with Gasteiger partial charge in [0.05, 0.1) is 13.7 Å².